The Balaban J connectivity index is 4.07. The van der Waals surface area contributed by atoms with E-state index in [0.717, 1.165) is 0 Å². The summed E-state index contributed by atoms with van der Waals surface area (Å²) < 4.78 is 0. The highest BCUT2D eigenvalue weighted by molar-refractivity contribution is 5.80. The molecule has 0 aromatic rings. The van der Waals surface area contributed by atoms with Crippen LogP contribution in [-0.4, -0.2) is 66.7 Å². The maximum absolute atomic E-state index is 11.6. The van der Waals surface area contributed by atoms with Crippen LogP contribution in [0.2, 0.25) is 0 Å². The normalized spacial score (nSPS) is 12.3. The van der Waals surface area contributed by atoms with Gasteiger partial charge in [0.1, 0.15) is 6.54 Å². The molecule has 0 aromatic carbocycles. The molecule has 0 heterocycles. The Morgan fingerprint density at radius 1 is 1.38 bits per heavy atom. The molecule has 1 unspecified atom stereocenters. The number of hydrogen-bond donors (Lipinski definition) is 2. The molecule has 16 heavy (non-hydrogen) atoms. The second kappa shape index (κ2) is 7.05. The Bertz CT molecular complexity index is 243. The van der Waals surface area contributed by atoms with Crippen molar-refractivity contribution in [3.8, 4) is 0 Å². The Morgan fingerprint density at radius 2 is 1.94 bits per heavy atom. The Kier molecular flexibility index (Phi) is 6.48. The van der Waals surface area contributed by atoms with Gasteiger partial charge in [-0.05, 0) is 27.9 Å². The molecule has 1 atom stereocenters. The van der Waals surface area contributed by atoms with Gasteiger partial charge in [-0.2, -0.15) is 0 Å². The van der Waals surface area contributed by atoms with Gasteiger partial charge in [-0.1, -0.05) is 0 Å². The molecule has 0 aromatic heterocycles. The Hall–Kier alpha value is -1.30. The average Bonchev–Trinajstić information content (AvgIpc) is 2.21. The first-order valence-electron chi connectivity index (χ1n) is 5.29. The first kappa shape index (κ1) is 14.7. The zero-order chi connectivity index (χ0) is 12.7. The van der Waals surface area contributed by atoms with Crippen molar-refractivity contribution in [3.63, 3.8) is 0 Å². The molecule has 0 aliphatic rings. The van der Waals surface area contributed by atoms with Gasteiger partial charge in [0, 0.05) is 19.1 Å². The number of urea groups is 1. The van der Waals surface area contributed by atoms with E-state index in [4.69, 9.17) is 5.11 Å². The molecule has 0 saturated carbocycles. The summed E-state index contributed by atoms with van der Waals surface area (Å²) in [5.41, 5.74) is 0. The number of carboxylic acids is 1. The monoisotopic (exact) mass is 231 g/mol. The first-order valence-corrected chi connectivity index (χ1v) is 5.29. The lowest BCUT2D eigenvalue weighted by molar-refractivity contribution is -0.137. The number of amides is 2. The van der Waals surface area contributed by atoms with Gasteiger partial charge < -0.3 is 20.2 Å². The fraction of sp³-hybridized carbons (Fsp3) is 0.800. The van der Waals surface area contributed by atoms with E-state index >= 15 is 0 Å². The third-order valence-electron chi connectivity index (χ3n) is 2.43. The summed E-state index contributed by atoms with van der Waals surface area (Å²) in [4.78, 5) is 25.3. The van der Waals surface area contributed by atoms with Crippen molar-refractivity contribution < 1.29 is 14.7 Å². The number of nitrogens with one attached hydrogen (secondary N) is 1. The van der Waals surface area contributed by atoms with E-state index < -0.39 is 5.97 Å². The standard InChI is InChI=1S/C10H21N3O3/c1-5-13(7-9(14)15)10(16)11-6-8(2)12(3)4/h8H,5-7H2,1-4H3,(H,11,16)(H,14,15). The lowest BCUT2D eigenvalue weighted by Crippen LogP contribution is -2.46. The van der Waals surface area contributed by atoms with E-state index in [1.807, 2.05) is 25.9 Å². The van der Waals surface area contributed by atoms with E-state index in [9.17, 15) is 9.59 Å². The maximum atomic E-state index is 11.6. The van der Waals surface area contributed by atoms with Gasteiger partial charge in [0.25, 0.3) is 0 Å². The largest absolute Gasteiger partial charge is 0.480 e. The summed E-state index contributed by atoms with van der Waals surface area (Å²) in [5.74, 6) is -1.00. The molecule has 2 N–H and O–H groups in total. The molecule has 0 bridgehead atoms. The number of carbonyl (C=O) groups excluding carboxylic acids is 1. The number of aliphatic carboxylic acids is 1. The van der Waals surface area contributed by atoms with E-state index in [0.29, 0.717) is 13.1 Å². The van der Waals surface area contributed by atoms with Gasteiger partial charge in [0.05, 0.1) is 0 Å². The second-order valence-electron chi connectivity index (χ2n) is 3.91. The van der Waals surface area contributed by atoms with Crippen molar-refractivity contribution >= 4 is 12.0 Å². The van der Waals surface area contributed by atoms with E-state index in [-0.39, 0.29) is 18.6 Å². The smallest absolute Gasteiger partial charge is 0.323 e. The zero-order valence-corrected chi connectivity index (χ0v) is 10.4. The van der Waals surface area contributed by atoms with Crippen LogP contribution < -0.4 is 5.32 Å². The van der Waals surface area contributed by atoms with Crippen LogP contribution in [0.1, 0.15) is 13.8 Å². The molecule has 0 radical (unpaired) electrons. The maximum Gasteiger partial charge on any atom is 0.323 e. The summed E-state index contributed by atoms with van der Waals surface area (Å²) in [6.45, 7) is 4.35. The van der Waals surface area contributed by atoms with Gasteiger partial charge >= 0.3 is 12.0 Å². The number of carbonyl (C=O) groups is 2. The topological polar surface area (TPSA) is 72.9 Å². The van der Waals surface area contributed by atoms with Crippen LogP contribution in [0, 0.1) is 0 Å². The van der Waals surface area contributed by atoms with Crippen LogP contribution in [0.4, 0.5) is 4.79 Å². The van der Waals surface area contributed by atoms with Crippen LogP contribution in [0.25, 0.3) is 0 Å². The van der Waals surface area contributed by atoms with Crippen molar-refractivity contribution in [3.05, 3.63) is 0 Å². The molecule has 94 valence electrons. The minimum absolute atomic E-state index is 0.215. The predicted octanol–water partition coefficient (Wildman–Crippen LogP) is 0.0526. The fourth-order valence-corrected chi connectivity index (χ4v) is 1.02. The summed E-state index contributed by atoms with van der Waals surface area (Å²) in [5, 5.41) is 11.3. The van der Waals surface area contributed by atoms with Crippen LogP contribution in [0.15, 0.2) is 0 Å². The van der Waals surface area contributed by atoms with E-state index in [1.165, 1.54) is 4.90 Å². The highest BCUT2D eigenvalue weighted by Gasteiger charge is 2.15. The van der Waals surface area contributed by atoms with Gasteiger partial charge in [0.15, 0.2) is 0 Å². The third-order valence-corrected chi connectivity index (χ3v) is 2.43. The van der Waals surface area contributed by atoms with Crippen molar-refractivity contribution in [2.24, 2.45) is 0 Å². The van der Waals surface area contributed by atoms with Gasteiger partial charge in [-0.25, -0.2) is 4.79 Å². The number of rotatable bonds is 6. The highest BCUT2D eigenvalue weighted by atomic mass is 16.4. The molecule has 2 amide bonds. The summed E-state index contributed by atoms with van der Waals surface area (Å²) in [7, 11) is 3.84. The van der Waals surface area contributed by atoms with Crippen LogP contribution >= 0.6 is 0 Å². The molecular formula is C10H21N3O3. The Morgan fingerprint density at radius 3 is 2.31 bits per heavy atom. The first-order chi connectivity index (χ1) is 7.38. The summed E-state index contributed by atoms with van der Waals surface area (Å²) in [6.07, 6.45) is 0. The van der Waals surface area contributed by atoms with Gasteiger partial charge in [-0.3, -0.25) is 4.79 Å². The number of nitrogens with zero attached hydrogens (tertiary/aromatic N) is 2. The van der Waals surface area contributed by atoms with E-state index in [2.05, 4.69) is 5.32 Å². The molecule has 0 fully saturated rings. The molecule has 0 spiro atoms. The highest BCUT2D eigenvalue weighted by Crippen LogP contribution is 1.92. The number of carboxylic acid groups (broad SMARTS) is 1. The molecule has 0 aliphatic carbocycles. The lowest BCUT2D eigenvalue weighted by atomic mass is 10.3. The molecule has 6 nitrogen and oxygen atoms in total. The number of likely N-dealkylation sites (N-methyl/N-ethyl adjacent to an activating group) is 2. The fourth-order valence-electron chi connectivity index (χ4n) is 1.02. The summed E-state index contributed by atoms with van der Waals surface area (Å²) in [6, 6.07) is -0.119. The van der Waals surface area contributed by atoms with Crippen LogP contribution in [0.3, 0.4) is 0 Å². The third kappa shape index (κ3) is 5.55. The predicted molar refractivity (Wildman–Crippen MR) is 61.4 cm³/mol. The molecule has 6 heteroatoms. The SMILES string of the molecule is CCN(CC(=O)O)C(=O)NCC(C)N(C)C. The minimum atomic E-state index is -1.00. The minimum Gasteiger partial charge on any atom is -0.480 e. The van der Waals surface area contributed by atoms with Gasteiger partial charge in [0.2, 0.25) is 0 Å². The van der Waals surface area contributed by atoms with Crippen LogP contribution in [-0.2, 0) is 4.79 Å². The van der Waals surface area contributed by atoms with Gasteiger partial charge in [-0.15, -0.1) is 0 Å². The quantitative estimate of drug-likeness (QED) is 0.677. The average molecular weight is 231 g/mol. The zero-order valence-electron chi connectivity index (χ0n) is 10.4. The van der Waals surface area contributed by atoms with Crippen LogP contribution in [0.5, 0.6) is 0 Å². The summed E-state index contributed by atoms with van der Waals surface area (Å²) >= 11 is 0. The van der Waals surface area contributed by atoms with Crippen molar-refractivity contribution in [1.82, 2.24) is 15.1 Å². The molecular weight excluding hydrogens is 210 g/mol. The number of hydrogen-bond acceptors (Lipinski definition) is 3. The molecule has 0 rings (SSSR count). The molecule has 0 saturated heterocycles. The van der Waals surface area contributed by atoms with Crippen molar-refractivity contribution in [2.45, 2.75) is 19.9 Å². The van der Waals surface area contributed by atoms with Crippen molar-refractivity contribution in [2.75, 3.05) is 33.7 Å². The second-order valence-corrected chi connectivity index (χ2v) is 3.91. The lowest BCUT2D eigenvalue weighted by Gasteiger charge is -2.23. The van der Waals surface area contributed by atoms with E-state index in [1.54, 1.807) is 6.92 Å². The Labute approximate surface area is 96.2 Å². The molecule has 0 aliphatic heterocycles. The van der Waals surface area contributed by atoms with Crippen molar-refractivity contribution in [1.29, 1.82) is 0 Å².